The summed E-state index contributed by atoms with van der Waals surface area (Å²) in [4.78, 5) is 10.9. The summed E-state index contributed by atoms with van der Waals surface area (Å²) in [6, 6.07) is 11.7. The summed E-state index contributed by atoms with van der Waals surface area (Å²) < 4.78 is 18.2. The van der Waals surface area contributed by atoms with E-state index in [0.717, 1.165) is 17.4 Å². The molecule has 0 spiro atoms. The van der Waals surface area contributed by atoms with E-state index in [2.05, 4.69) is 0 Å². The van der Waals surface area contributed by atoms with E-state index in [1.807, 2.05) is 12.1 Å². The first kappa shape index (κ1) is 11.3. The Hall–Kier alpha value is -2.16. The van der Waals surface area contributed by atoms with Crippen molar-refractivity contribution < 1.29 is 13.9 Å². The summed E-state index contributed by atoms with van der Waals surface area (Å²) >= 11 is 0. The van der Waals surface area contributed by atoms with Gasteiger partial charge in [-0.05, 0) is 23.3 Å². The Labute approximate surface area is 98.7 Å². The Balaban J connectivity index is 2.56. The SMILES string of the molecule is COc1cc(-c2ccccc2C=O)ccc1F. The average molecular weight is 230 g/mol. The normalized spacial score (nSPS) is 10.0. The van der Waals surface area contributed by atoms with Crippen LogP contribution in [0.1, 0.15) is 10.4 Å². The summed E-state index contributed by atoms with van der Waals surface area (Å²) in [5, 5.41) is 0. The first-order valence-corrected chi connectivity index (χ1v) is 5.14. The van der Waals surface area contributed by atoms with E-state index in [9.17, 15) is 9.18 Å². The highest BCUT2D eigenvalue weighted by atomic mass is 19.1. The minimum Gasteiger partial charge on any atom is -0.494 e. The number of hydrogen-bond acceptors (Lipinski definition) is 2. The molecule has 2 aromatic carbocycles. The first-order chi connectivity index (χ1) is 8.26. The molecular formula is C14H11FO2. The van der Waals surface area contributed by atoms with Crippen LogP contribution in [-0.4, -0.2) is 13.4 Å². The molecule has 86 valence electrons. The maximum absolute atomic E-state index is 13.3. The van der Waals surface area contributed by atoms with Gasteiger partial charge in [-0.3, -0.25) is 4.79 Å². The van der Waals surface area contributed by atoms with Gasteiger partial charge in [0.1, 0.15) is 0 Å². The van der Waals surface area contributed by atoms with Crippen LogP contribution in [0, 0.1) is 5.82 Å². The van der Waals surface area contributed by atoms with Gasteiger partial charge in [0.05, 0.1) is 7.11 Å². The fourth-order valence-electron chi connectivity index (χ4n) is 1.69. The molecule has 0 aliphatic heterocycles. The Morgan fingerprint density at radius 3 is 2.65 bits per heavy atom. The lowest BCUT2D eigenvalue weighted by atomic mass is 10.0. The Morgan fingerprint density at radius 2 is 1.94 bits per heavy atom. The van der Waals surface area contributed by atoms with Crippen LogP contribution in [0.3, 0.4) is 0 Å². The molecule has 0 aliphatic rings. The van der Waals surface area contributed by atoms with Crippen molar-refractivity contribution in [1.29, 1.82) is 0 Å². The third kappa shape index (κ3) is 2.18. The number of rotatable bonds is 3. The van der Waals surface area contributed by atoms with Crippen molar-refractivity contribution in [2.75, 3.05) is 7.11 Å². The molecule has 0 bridgehead atoms. The number of carbonyl (C=O) groups is 1. The number of benzene rings is 2. The molecule has 2 nitrogen and oxygen atoms in total. The van der Waals surface area contributed by atoms with Gasteiger partial charge in [-0.25, -0.2) is 4.39 Å². The van der Waals surface area contributed by atoms with Crippen molar-refractivity contribution in [2.45, 2.75) is 0 Å². The summed E-state index contributed by atoms with van der Waals surface area (Å²) in [7, 11) is 1.41. The predicted molar refractivity (Wildman–Crippen MR) is 63.8 cm³/mol. The molecule has 0 fully saturated rings. The largest absolute Gasteiger partial charge is 0.494 e. The van der Waals surface area contributed by atoms with E-state index in [-0.39, 0.29) is 5.75 Å². The molecule has 0 N–H and O–H groups in total. The monoisotopic (exact) mass is 230 g/mol. The molecule has 0 radical (unpaired) electrons. The van der Waals surface area contributed by atoms with E-state index in [4.69, 9.17) is 4.74 Å². The van der Waals surface area contributed by atoms with Crippen molar-refractivity contribution in [3.8, 4) is 16.9 Å². The molecule has 2 aromatic rings. The van der Waals surface area contributed by atoms with Crippen molar-refractivity contribution in [2.24, 2.45) is 0 Å². The van der Waals surface area contributed by atoms with Gasteiger partial charge in [-0.15, -0.1) is 0 Å². The zero-order valence-electron chi connectivity index (χ0n) is 9.31. The number of ether oxygens (including phenoxy) is 1. The molecule has 3 heteroatoms. The topological polar surface area (TPSA) is 26.3 Å². The van der Waals surface area contributed by atoms with E-state index in [1.165, 1.54) is 13.2 Å². The average Bonchev–Trinajstić information content (AvgIpc) is 2.39. The predicted octanol–water partition coefficient (Wildman–Crippen LogP) is 3.31. The molecular weight excluding hydrogens is 219 g/mol. The lowest BCUT2D eigenvalue weighted by molar-refractivity contribution is 0.112. The van der Waals surface area contributed by atoms with Gasteiger partial charge in [0.2, 0.25) is 0 Å². The molecule has 0 saturated heterocycles. The maximum Gasteiger partial charge on any atom is 0.165 e. The molecule has 0 heterocycles. The van der Waals surface area contributed by atoms with Gasteiger partial charge in [-0.1, -0.05) is 30.3 Å². The zero-order valence-corrected chi connectivity index (χ0v) is 9.31. The van der Waals surface area contributed by atoms with Crippen molar-refractivity contribution >= 4 is 6.29 Å². The Kier molecular flexibility index (Phi) is 3.19. The van der Waals surface area contributed by atoms with E-state index in [0.29, 0.717) is 5.56 Å². The standard InChI is InChI=1S/C14H11FO2/c1-17-14-8-10(6-7-13(14)15)12-5-3-2-4-11(12)9-16/h2-9H,1H3. The van der Waals surface area contributed by atoms with Crippen LogP contribution in [0.25, 0.3) is 11.1 Å². The van der Waals surface area contributed by atoms with Gasteiger partial charge in [-0.2, -0.15) is 0 Å². The van der Waals surface area contributed by atoms with Crippen LogP contribution in [0.2, 0.25) is 0 Å². The van der Waals surface area contributed by atoms with Gasteiger partial charge >= 0.3 is 0 Å². The number of halogens is 1. The number of carbonyl (C=O) groups excluding carboxylic acids is 1. The quantitative estimate of drug-likeness (QED) is 0.756. The van der Waals surface area contributed by atoms with Crippen LogP contribution in [0.15, 0.2) is 42.5 Å². The Bertz CT molecular complexity index is 550. The van der Waals surface area contributed by atoms with Crippen LogP contribution in [-0.2, 0) is 0 Å². The van der Waals surface area contributed by atoms with Gasteiger partial charge in [0, 0.05) is 5.56 Å². The van der Waals surface area contributed by atoms with Gasteiger partial charge in [0.25, 0.3) is 0 Å². The highest BCUT2D eigenvalue weighted by Gasteiger charge is 2.07. The Morgan fingerprint density at radius 1 is 1.18 bits per heavy atom. The van der Waals surface area contributed by atoms with Crippen molar-refractivity contribution in [3.63, 3.8) is 0 Å². The second kappa shape index (κ2) is 4.78. The zero-order chi connectivity index (χ0) is 12.3. The van der Waals surface area contributed by atoms with Crippen molar-refractivity contribution in [3.05, 3.63) is 53.8 Å². The smallest absolute Gasteiger partial charge is 0.165 e. The molecule has 17 heavy (non-hydrogen) atoms. The number of methoxy groups -OCH3 is 1. The first-order valence-electron chi connectivity index (χ1n) is 5.14. The third-order valence-electron chi connectivity index (χ3n) is 2.55. The van der Waals surface area contributed by atoms with Gasteiger partial charge < -0.3 is 4.74 Å². The molecule has 0 amide bonds. The van der Waals surface area contributed by atoms with E-state index in [1.54, 1.807) is 24.3 Å². The molecule has 0 saturated carbocycles. The van der Waals surface area contributed by atoms with Crippen LogP contribution in [0.4, 0.5) is 4.39 Å². The lowest BCUT2D eigenvalue weighted by Gasteiger charge is -2.07. The summed E-state index contributed by atoms with van der Waals surface area (Å²) in [5.74, 6) is -0.247. The highest BCUT2D eigenvalue weighted by Crippen LogP contribution is 2.28. The minimum absolute atomic E-state index is 0.170. The second-order valence-electron chi connectivity index (χ2n) is 3.55. The van der Waals surface area contributed by atoms with Crippen molar-refractivity contribution in [1.82, 2.24) is 0 Å². The number of hydrogen-bond donors (Lipinski definition) is 0. The third-order valence-corrected chi connectivity index (χ3v) is 2.55. The lowest BCUT2D eigenvalue weighted by Crippen LogP contribution is -1.91. The fraction of sp³-hybridized carbons (Fsp3) is 0.0714. The molecule has 0 atom stereocenters. The maximum atomic E-state index is 13.3. The summed E-state index contributed by atoms with van der Waals surface area (Å²) in [6.45, 7) is 0. The van der Waals surface area contributed by atoms with E-state index >= 15 is 0 Å². The molecule has 0 aliphatic carbocycles. The molecule has 0 unspecified atom stereocenters. The fourth-order valence-corrected chi connectivity index (χ4v) is 1.69. The molecule has 0 aromatic heterocycles. The minimum atomic E-state index is -0.417. The summed E-state index contributed by atoms with van der Waals surface area (Å²) in [6.07, 6.45) is 0.783. The van der Waals surface area contributed by atoms with Gasteiger partial charge in [0.15, 0.2) is 17.9 Å². The van der Waals surface area contributed by atoms with Crippen LogP contribution < -0.4 is 4.74 Å². The van der Waals surface area contributed by atoms with Crippen LogP contribution >= 0.6 is 0 Å². The second-order valence-corrected chi connectivity index (χ2v) is 3.55. The highest BCUT2D eigenvalue weighted by molar-refractivity contribution is 5.87. The van der Waals surface area contributed by atoms with E-state index < -0.39 is 5.82 Å². The number of aldehydes is 1. The van der Waals surface area contributed by atoms with Crippen LogP contribution in [0.5, 0.6) is 5.75 Å². The molecule has 2 rings (SSSR count). The summed E-state index contributed by atoms with van der Waals surface area (Å²) in [5.41, 5.74) is 2.09.